The molecule has 1 fully saturated rings. The molecule has 1 aliphatic heterocycles. The molecule has 5 nitrogen and oxygen atoms in total. The Bertz CT molecular complexity index is 456. The summed E-state index contributed by atoms with van der Waals surface area (Å²) in [6, 6.07) is 9.48. The van der Waals surface area contributed by atoms with Gasteiger partial charge in [-0.15, -0.1) is 0 Å². The van der Waals surface area contributed by atoms with Gasteiger partial charge in [-0.1, -0.05) is 30.3 Å². The molecule has 0 radical (unpaired) electrons. The summed E-state index contributed by atoms with van der Waals surface area (Å²) in [6.07, 6.45) is 2.48. The maximum atomic E-state index is 12.2. The summed E-state index contributed by atoms with van der Waals surface area (Å²) in [4.78, 5) is 12.2. The maximum Gasteiger partial charge on any atom is 0.315 e. The van der Waals surface area contributed by atoms with E-state index in [9.17, 15) is 9.90 Å². The molecule has 1 saturated heterocycles. The van der Waals surface area contributed by atoms with E-state index in [1.807, 2.05) is 44.2 Å². The third-order valence-corrected chi connectivity index (χ3v) is 3.96. The molecule has 22 heavy (non-hydrogen) atoms. The Morgan fingerprint density at radius 3 is 2.50 bits per heavy atom. The number of urea groups is 1. The average molecular weight is 306 g/mol. The summed E-state index contributed by atoms with van der Waals surface area (Å²) in [5, 5.41) is 15.2. The Balaban J connectivity index is 1.91. The Morgan fingerprint density at radius 1 is 1.27 bits per heavy atom. The molecule has 5 heteroatoms. The number of nitrogens with one attached hydrogen (secondary N) is 2. The monoisotopic (exact) mass is 306 g/mol. The minimum absolute atomic E-state index is 0.0329. The van der Waals surface area contributed by atoms with Crippen molar-refractivity contribution in [3.05, 3.63) is 35.9 Å². The van der Waals surface area contributed by atoms with Gasteiger partial charge in [0.15, 0.2) is 0 Å². The molecule has 1 aromatic rings. The van der Waals surface area contributed by atoms with E-state index in [2.05, 4.69) is 10.6 Å². The molecule has 2 rings (SSSR count). The number of benzene rings is 1. The van der Waals surface area contributed by atoms with Crippen LogP contribution in [-0.2, 0) is 4.74 Å². The minimum atomic E-state index is -0.186. The van der Waals surface area contributed by atoms with Crippen molar-refractivity contribution in [1.82, 2.24) is 10.6 Å². The molecule has 3 N–H and O–H groups in total. The van der Waals surface area contributed by atoms with Gasteiger partial charge in [-0.2, -0.15) is 0 Å². The van der Waals surface area contributed by atoms with Crippen molar-refractivity contribution in [3.63, 3.8) is 0 Å². The number of ether oxygens (including phenoxy) is 1. The highest BCUT2D eigenvalue weighted by atomic mass is 16.5. The van der Waals surface area contributed by atoms with Crippen molar-refractivity contribution >= 4 is 6.03 Å². The van der Waals surface area contributed by atoms with Crippen molar-refractivity contribution in [2.24, 2.45) is 0 Å². The fraction of sp³-hybridized carbons (Fsp3) is 0.588. The SMILES string of the molecule is CC1CC(NC(=O)N[C@H](CCO)c2ccccc2)CC(C)O1. The number of hydrogen-bond acceptors (Lipinski definition) is 3. The van der Waals surface area contributed by atoms with E-state index in [1.54, 1.807) is 0 Å². The average Bonchev–Trinajstić information content (AvgIpc) is 2.46. The van der Waals surface area contributed by atoms with Gasteiger partial charge >= 0.3 is 6.03 Å². The number of hydrogen-bond donors (Lipinski definition) is 3. The second-order valence-corrected chi connectivity index (χ2v) is 6.02. The van der Waals surface area contributed by atoms with Crippen LogP contribution in [0.4, 0.5) is 4.79 Å². The topological polar surface area (TPSA) is 70.6 Å². The van der Waals surface area contributed by atoms with Gasteiger partial charge in [-0.3, -0.25) is 0 Å². The summed E-state index contributed by atoms with van der Waals surface area (Å²) in [6.45, 7) is 4.09. The van der Waals surface area contributed by atoms with Crippen LogP contribution in [-0.4, -0.2) is 36.0 Å². The van der Waals surface area contributed by atoms with Crippen LogP contribution in [0.2, 0.25) is 0 Å². The molecule has 1 aromatic carbocycles. The Morgan fingerprint density at radius 2 is 1.91 bits per heavy atom. The van der Waals surface area contributed by atoms with E-state index in [4.69, 9.17) is 4.74 Å². The number of aliphatic hydroxyl groups excluding tert-OH is 1. The van der Waals surface area contributed by atoms with Crippen LogP contribution in [0.3, 0.4) is 0 Å². The summed E-state index contributed by atoms with van der Waals surface area (Å²) >= 11 is 0. The van der Waals surface area contributed by atoms with E-state index in [0.717, 1.165) is 18.4 Å². The minimum Gasteiger partial charge on any atom is -0.396 e. The van der Waals surface area contributed by atoms with Gasteiger partial charge in [0.05, 0.1) is 18.2 Å². The zero-order chi connectivity index (χ0) is 15.9. The van der Waals surface area contributed by atoms with Gasteiger partial charge in [0.2, 0.25) is 0 Å². The molecule has 0 spiro atoms. The van der Waals surface area contributed by atoms with E-state index in [1.165, 1.54) is 0 Å². The van der Waals surface area contributed by atoms with Gasteiger partial charge in [-0.25, -0.2) is 4.79 Å². The first-order valence-electron chi connectivity index (χ1n) is 7.96. The highest BCUT2D eigenvalue weighted by molar-refractivity contribution is 5.74. The van der Waals surface area contributed by atoms with Gasteiger partial charge in [0, 0.05) is 12.6 Å². The molecule has 1 heterocycles. The lowest BCUT2D eigenvalue weighted by molar-refractivity contribution is -0.0402. The summed E-state index contributed by atoms with van der Waals surface area (Å²) in [7, 11) is 0. The lowest BCUT2D eigenvalue weighted by Gasteiger charge is -2.33. The third kappa shape index (κ3) is 5.00. The quantitative estimate of drug-likeness (QED) is 0.782. The number of carbonyl (C=O) groups is 1. The Kier molecular flexibility index (Phi) is 6.21. The molecular formula is C17H26N2O3. The second kappa shape index (κ2) is 8.15. The first-order valence-corrected chi connectivity index (χ1v) is 7.96. The molecule has 2 amide bonds. The van der Waals surface area contributed by atoms with E-state index < -0.39 is 0 Å². The van der Waals surface area contributed by atoms with Crippen LogP contribution in [0.5, 0.6) is 0 Å². The predicted molar refractivity (Wildman–Crippen MR) is 85.6 cm³/mol. The predicted octanol–water partition coefficient (Wildman–Crippen LogP) is 2.37. The second-order valence-electron chi connectivity index (χ2n) is 6.02. The number of carbonyl (C=O) groups excluding carboxylic acids is 1. The highest BCUT2D eigenvalue weighted by Gasteiger charge is 2.26. The van der Waals surface area contributed by atoms with Gasteiger partial charge in [0.25, 0.3) is 0 Å². The van der Waals surface area contributed by atoms with Crippen LogP contribution >= 0.6 is 0 Å². The van der Waals surface area contributed by atoms with Gasteiger partial charge in [-0.05, 0) is 38.7 Å². The molecule has 122 valence electrons. The fourth-order valence-corrected chi connectivity index (χ4v) is 3.05. The normalized spacial score (nSPS) is 26.2. The van der Waals surface area contributed by atoms with E-state index in [-0.39, 0.29) is 36.9 Å². The smallest absolute Gasteiger partial charge is 0.315 e. The van der Waals surface area contributed by atoms with Crippen molar-refractivity contribution in [2.45, 2.75) is 57.4 Å². The summed E-state index contributed by atoms with van der Waals surface area (Å²) in [5.74, 6) is 0. The largest absolute Gasteiger partial charge is 0.396 e. The lowest BCUT2D eigenvalue weighted by Crippen LogP contribution is -2.48. The first-order chi connectivity index (χ1) is 10.6. The molecule has 0 bridgehead atoms. The molecule has 0 aliphatic carbocycles. The van der Waals surface area contributed by atoms with E-state index >= 15 is 0 Å². The molecule has 0 saturated carbocycles. The van der Waals surface area contributed by atoms with Gasteiger partial charge in [0.1, 0.15) is 0 Å². The van der Waals surface area contributed by atoms with Crippen molar-refractivity contribution < 1.29 is 14.6 Å². The summed E-state index contributed by atoms with van der Waals surface area (Å²) in [5.41, 5.74) is 1.00. The number of amides is 2. The molecule has 3 atom stereocenters. The van der Waals surface area contributed by atoms with Gasteiger partial charge < -0.3 is 20.5 Å². The molecule has 2 unspecified atom stereocenters. The van der Waals surface area contributed by atoms with Crippen molar-refractivity contribution in [3.8, 4) is 0 Å². The first kappa shape index (κ1) is 16.8. The van der Waals surface area contributed by atoms with Crippen LogP contribution in [0.15, 0.2) is 30.3 Å². The Labute approximate surface area is 132 Å². The van der Waals surface area contributed by atoms with Crippen LogP contribution < -0.4 is 10.6 Å². The van der Waals surface area contributed by atoms with Crippen molar-refractivity contribution in [2.75, 3.05) is 6.61 Å². The number of rotatable bonds is 5. The molecule has 1 aliphatic rings. The van der Waals surface area contributed by atoms with Crippen LogP contribution in [0, 0.1) is 0 Å². The summed E-state index contributed by atoms with van der Waals surface area (Å²) < 4.78 is 5.68. The number of aliphatic hydroxyl groups is 1. The third-order valence-electron chi connectivity index (χ3n) is 3.96. The highest BCUT2D eigenvalue weighted by Crippen LogP contribution is 2.20. The zero-order valence-corrected chi connectivity index (χ0v) is 13.3. The van der Waals surface area contributed by atoms with Crippen molar-refractivity contribution in [1.29, 1.82) is 0 Å². The molecular weight excluding hydrogens is 280 g/mol. The molecule has 0 aromatic heterocycles. The van der Waals surface area contributed by atoms with E-state index in [0.29, 0.717) is 6.42 Å². The fourth-order valence-electron chi connectivity index (χ4n) is 3.05. The zero-order valence-electron chi connectivity index (χ0n) is 13.3. The standard InChI is InChI=1S/C17H26N2O3/c1-12-10-15(11-13(2)22-12)18-17(21)19-16(8-9-20)14-6-4-3-5-7-14/h3-7,12-13,15-16,20H,8-11H2,1-2H3,(H2,18,19,21)/t12?,13?,15?,16-/m1/s1. The lowest BCUT2D eigenvalue weighted by atomic mass is 10.00. The Hall–Kier alpha value is -1.59. The maximum absolute atomic E-state index is 12.2. The van der Waals surface area contributed by atoms with Crippen LogP contribution in [0.1, 0.15) is 44.7 Å². The van der Waals surface area contributed by atoms with Crippen LogP contribution in [0.25, 0.3) is 0 Å².